The van der Waals surface area contributed by atoms with E-state index in [0.29, 0.717) is 44.2 Å². The van der Waals surface area contributed by atoms with Crippen molar-refractivity contribution in [2.75, 3.05) is 33.3 Å². The number of rotatable bonds is 10. The van der Waals surface area contributed by atoms with Crippen molar-refractivity contribution in [1.82, 2.24) is 10.2 Å². The van der Waals surface area contributed by atoms with Gasteiger partial charge in [0.05, 0.1) is 40.1 Å². The van der Waals surface area contributed by atoms with Gasteiger partial charge in [0.25, 0.3) is 5.78 Å². The lowest BCUT2D eigenvalue weighted by Crippen LogP contribution is -2.29. The Labute approximate surface area is 256 Å². The van der Waals surface area contributed by atoms with Crippen molar-refractivity contribution in [2.24, 2.45) is 0 Å². The summed E-state index contributed by atoms with van der Waals surface area (Å²) in [6, 6.07) is 16.9. The number of nitrogens with zero attached hydrogens (tertiary/aromatic N) is 3. The number of carbonyl (C=O) groups excluding carboxylic acids is 2. The van der Waals surface area contributed by atoms with Gasteiger partial charge in [0.2, 0.25) is 10.9 Å². The number of benzene rings is 3. The van der Waals surface area contributed by atoms with Crippen LogP contribution in [0.15, 0.2) is 70.6 Å². The summed E-state index contributed by atoms with van der Waals surface area (Å²) in [5, 5.41) is 20.3. The Morgan fingerprint density at radius 2 is 1.56 bits per heavy atom. The molecule has 3 aromatic carbocycles. The second-order valence-electron chi connectivity index (χ2n) is 9.48. The molecule has 1 aliphatic rings. The maximum atomic E-state index is 13.6. The van der Waals surface area contributed by atoms with Gasteiger partial charge in [-0.15, -0.1) is 10.2 Å². The van der Waals surface area contributed by atoms with Crippen LogP contribution in [0.2, 0.25) is 0 Å². The number of Topliss-reactive ketones (excluding diaryl/α,β-unsaturated/α-hetero) is 1. The highest BCUT2D eigenvalue weighted by molar-refractivity contribution is 8.00. The second-order valence-corrected chi connectivity index (χ2v) is 11.7. The number of aryl methyl sites for hydroxylation is 1. The summed E-state index contributed by atoms with van der Waals surface area (Å²) in [6.07, 6.45) is 0. The van der Waals surface area contributed by atoms with E-state index in [1.165, 1.54) is 62.0 Å². The van der Waals surface area contributed by atoms with Gasteiger partial charge in [0.15, 0.2) is 15.8 Å². The number of ketones is 1. The average Bonchev–Trinajstić information content (AvgIpc) is 3.61. The highest BCUT2D eigenvalue weighted by Crippen LogP contribution is 2.48. The number of carbonyl (C=O) groups is 2. The maximum absolute atomic E-state index is 13.6. The van der Waals surface area contributed by atoms with E-state index in [4.69, 9.17) is 18.9 Å². The van der Waals surface area contributed by atoms with E-state index in [-0.39, 0.29) is 16.5 Å². The van der Waals surface area contributed by atoms with Crippen LogP contribution in [0.3, 0.4) is 0 Å². The minimum absolute atomic E-state index is 0.117. The summed E-state index contributed by atoms with van der Waals surface area (Å²) in [6.45, 7) is 2.03. The minimum Gasteiger partial charge on any atom is -0.507 e. The summed E-state index contributed by atoms with van der Waals surface area (Å²) < 4.78 is 22.4. The summed E-state index contributed by atoms with van der Waals surface area (Å²) in [7, 11) is 5.95. The molecule has 222 valence electrons. The van der Waals surface area contributed by atoms with Crippen LogP contribution in [-0.2, 0) is 15.3 Å². The van der Waals surface area contributed by atoms with Gasteiger partial charge >= 0.3 is 5.91 Å². The molecule has 0 bridgehead atoms. The molecule has 0 saturated carbocycles. The molecule has 1 aromatic heterocycles. The highest BCUT2D eigenvalue weighted by Gasteiger charge is 2.49. The van der Waals surface area contributed by atoms with Crippen molar-refractivity contribution in [3.05, 3.63) is 88.5 Å². The Bertz CT molecular complexity index is 1660. The van der Waals surface area contributed by atoms with Crippen LogP contribution < -0.4 is 23.8 Å². The van der Waals surface area contributed by atoms with Crippen LogP contribution >= 0.6 is 23.1 Å². The first kappa shape index (κ1) is 29.9. The van der Waals surface area contributed by atoms with Gasteiger partial charge < -0.3 is 24.1 Å². The molecule has 1 saturated heterocycles. The van der Waals surface area contributed by atoms with E-state index >= 15 is 0 Å². The van der Waals surface area contributed by atoms with Crippen molar-refractivity contribution in [3.63, 3.8) is 0 Å². The molecule has 1 atom stereocenters. The molecule has 1 unspecified atom stereocenters. The van der Waals surface area contributed by atoms with Gasteiger partial charge in [0.1, 0.15) is 11.5 Å². The van der Waals surface area contributed by atoms with E-state index in [2.05, 4.69) is 10.2 Å². The Morgan fingerprint density at radius 1 is 0.907 bits per heavy atom. The normalized spacial score (nSPS) is 15.9. The Hall–Kier alpha value is -4.55. The number of aliphatic hydroxyl groups excluding tert-OH is 1. The third kappa shape index (κ3) is 5.88. The first-order valence-corrected chi connectivity index (χ1v) is 14.9. The zero-order chi connectivity index (χ0) is 30.7. The number of hydrogen-bond acceptors (Lipinski definition) is 11. The molecule has 1 amide bonds. The number of ether oxygens (including phenoxy) is 4. The molecule has 2 heterocycles. The molecule has 1 N–H and O–H groups in total. The number of thioether (sulfide) groups is 1. The summed E-state index contributed by atoms with van der Waals surface area (Å²) in [5.74, 6) is 0.143. The predicted molar refractivity (Wildman–Crippen MR) is 165 cm³/mol. The van der Waals surface area contributed by atoms with Gasteiger partial charge in [-0.05, 0) is 54.4 Å². The summed E-state index contributed by atoms with van der Waals surface area (Å²) >= 11 is 2.66. The highest BCUT2D eigenvalue weighted by atomic mass is 32.2. The van der Waals surface area contributed by atoms with Crippen molar-refractivity contribution in [2.45, 2.75) is 23.1 Å². The summed E-state index contributed by atoms with van der Waals surface area (Å²) in [5.41, 5.74) is 2.94. The van der Waals surface area contributed by atoms with E-state index in [1.54, 1.807) is 36.4 Å². The molecule has 0 aliphatic carbocycles. The first-order chi connectivity index (χ1) is 20.8. The van der Waals surface area contributed by atoms with Gasteiger partial charge in [-0.1, -0.05) is 52.9 Å². The molecule has 5 rings (SSSR count). The van der Waals surface area contributed by atoms with Crippen molar-refractivity contribution < 1.29 is 33.6 Å². The molecule has 12 heteroatoms. The van der Waals surface area contributed by atoms with Crippen LogP contribution in [0.4, 0.5) is 5.13 Å². The standard InChI is InChI=1S/C31H29N3O7S2/c1-17-6-8-18(9-7-17)16-42-31-33-32-30(43-31)34-25(20-14-22(39-3)28(41-5)23(15-20)40-4)24(27(36)29(34)37)26(35)19-10-12-21(38-2)13-11-19/h6-15,25,35H,16H2,1-5H3/b26-24-. The molecule has 10 nitrogen and oxygen atoms in total. The molecular formula is C31H29N3O7S2. The maximum Gasteiger partial charge on any atom is 0.301 e. The number of anilines is 1. The molecule has 0 spiro atoms. The molecule has 0 radical (unpaired) electrons. The molecule has 43 heavy (non-hydrogen) atoms. The fourth-order valence-electron chi connectivity index (χ4n) is 4.70. The predicted octanol–water partition coefficient (Wildman–Crippen LogP) is 5.80. The van der Waals surface area contributed by atoms with E-state index in [1.807, 2.05) is 31.2 Å². The summed E-state index contributed by atoms with van der Waals surface area (Å²) in [4.78, 5) is 28.5. The number of methoxy groups -OCH3 is 4. The lowest BCUT2D eigenvalue weighted by molar-refractivity contribution is -0.132. The van der Waals surface area contributed by atoms with E-state index in [9.17, 15) is 14.7 Å². The topological polar surface area (TPSA) is 120 Å². The monoisotopic (exact) mass is 619 g/mol. The van der Waals surface area contributed by atoms with Gasteiger partial charge in [-0.25, -0.2) is 0 Å². The lowest BCUT2D eigenvalue weighted by Gasteiger charge is -2.24. The molecule has 4 aromatic rings. The van der Waals surface area contributed by atoms with Gasteiger partial charge in [-0.3, -0.25) is 14.5 Å². The van der Waals surface area contributed by atoms with Crippen LogP contribution in [0.25, 0.3) is 5.76 Å². The largest absolute Gasteiger partial charge is 0.507 e. The Kier molecular flexibility index (Phi) is 8.88. The first-order valence-electron chi connectivity index (χ1n) is 13.1. The van der Waals surface area contributed by atoms with Gasteiger partial charge in [-0.2, -0.15) is 0 Å². The molecule has 1 aliphatic heterocycles. The second kappa shape index (κ2) is 12.8. The zero-order valence-corrected chi connectivity index (χ0v) is 25.7. The SMILES string of the molecule is COc1ccc(/C(O)=C2/C(=O)C(=O)N(c3nnc(SCc4ccc(C)cc4)s3)C2c2cc(OC)c(OC)c(OC)c2)cc1. The van der Waals surface area contributed by atoms with Crippen molar-refractivity contribution in [3.8, 4) is 23.0 Å². The van der Waals surface area contributed by atoms with Crippen molar-refractivity contribution >= 4 is 45.7 Å². The third-order valence-corrected chi connectivity index (χ3v) is 9.02. The minimum atomic E-state index is -1.07. The van der Waals surface area contributed by atoms with Gasteiger partial charge in [0, 0.05) is 11.3 Å². The number of aliphatic hydroxyl groups is 1. The van der Waals surface area contributed by atoms with E-state index < -0.39 is 17.7 Å². The van der Waals surface area contributed by atoms with Crippen LogP contribution in [0.5, 0.6) is 23.0 Å². The van der Waals surface area contributed by atoms with Crippen molar-refractivity contribution in [1.29, 1.82) is 0 Å². The number of amides is 1. The van der Waals surface area contributed by atoms with Crippen LogP contribution in [0, 0.1) is 6.92 Å². The smallest absolute Gasteiger partial charge is 0.301 e. The molecule has 1 fully saturated rings. The molecular weight excluding hydrogens is 590 g/mol. The third-order valence-electron chi connectivity index (χ3n) is 6.90. The average molecular weight is 620 g/mol. The number of hydrogen-bond donors (Lipinski definition) is 1. The Morgan fingerprint density at radius 3 is 2.14 bits per heavy atom. The zero-order valence-electron chi connectivity index (χ0n) is 24.1. The fraction of sp³-hybridized carbons (Fsp3) is 0.226. The lowest BCUT2D eigenvalue weighted by atomic mass is 9.94. The number of aromatic nitrogens is 2. The van der Waals surface area contributed by atoms with E-state index in [0.717, 1.165) is 5.56 Å². The van der Waals surface area contributed by atoms with Crippen LogP contribution in [-0.4, -0.2) is 55.4 Å². The fourth-order valence-corrected chi connectivity index (χ4v) is 6.52. The van der Waals surface area contributed by atoms with Crippen LogP contribution in [0.1, 0.15) is 28.3 Å². The Balaban J connectivity index is 1.61. The quantitative estimate of drug-likeness (QED) is 0.0767.